The van der Waals surface area contributed by atoms with Crippen molar-refractivity contribution in [3.8, 4) is 0 Å². The molecule has 0 saturated heterocycles. The third-order valence-corrected chi connectivity index (χ3v) is 0. The normalized spacial score (nSPS) is 0.500. The summed E-state index contributed by atoms with van der Waals surface area (Å²) in [6.45, 7) is 0. The van der Waals surface area contributed by atoms with Crippen LogP contribution in [0.2, 0.25) is 0 Å². The van der Waals surface area contributed by atoms with Crippen molar-refractivity contribution in [1.29, 1.82) is 0 Å². The van der Waals surface area contributed by atoms with Gasteiger partial charge in [0, 0.05) is 83.8 Å². The molecule has 0 spiro atoms. The Morgan fingerprint density at radius 1 is 1.17 bits per heavy atom. The van der Waals surface area contributed by atoms with Crippen molar-refractivity contribution < 1.29 is 108 Å². The molecule has 0 aliphatic rings. The molecule has 0 rings (SSSR count). The van der Waals surface area contributed by atoms with Crippen molar-refractivity contribution in [2.75, 3.05) is 0 Å². The van der Waals surface area contributed by atoms with Gasteiger partial charge in [-0.05, 0) is 0 Å². The first kappa shape index (κ1) is 34.8. The molecule has 0 heterocycles. The summed E-state index contributed by atoms with van der Waals surface area (Å²) in [7, 11) is 0. The Labute approximate surface area is 106 Å². The minimum absolute atomic E-state index is 0. The Morgan fingerprint density at radius 2 is 1.17 bits per heavy atom. The molecule has 0 N–H and O–H groups in total. The monoisotopic (exact) mass is 438 g/mol. The van der Waals surface area contributed by atoms with E-state index >= 15 is 0 Å². The summed E-state index contributed by atoms with van der Waals surface area (Å²) in [5.74, 6) is 0. The molecule has 0 aliphatic heterocycles. The van der Waals surface area contributed by atoms with Crippen molar-refractivity contribution in [3.63, 3.8) is 0 Å². The molecule has 0 atom stereocenters. The Hall–Kier alpha value is 3.25. The fourth-order valence-corrected chi connectivity index (χ4v) is 0. The van der Waals surface area contributed by atoms with E-state index in [0.717, 1.165) is 0 Å². The summed E-state index contributed by atoms with van der Waals surface area (Å²) in [5.41, 5.74) is 0. The molecule has 6 heavy (non-hydrogen) atoms. The van der Waals surface area contributed by atoms with E-state index in [1.807, 2.05) is 0 Å². The van der Waals surface area contributed by atoms with Crippen molar-refractivity contribution >= 4 is 0 Å². The van der Waals surface area contributed by atoms with Gasteiger partial charge in [0.2, 0.25) is 0 Å². The van der Waals surface area contributed by atoms with E-state index in [9.17, 15) is 0 Å². The maximum absolute atomic E-state index is 8.36. The van der Waals surface area contributed by atoms with Gasteiger partial charge in [0.15, 0.2) is 0 Å². The van der Waals surface area contributed by atoms with Gasteiger partial charge in [0.25, 0.3) is 0 Å². The standard InChI is InChI=1S/Cr.O.Ta.Ti.V.Zr. The van der Waals surface area contributed by atoms with Crippen molar-refractivity contribution in [1.82, 2.24) is 0 Å². The van der Waals surface area contributed by atoms with Gasteiger partial charge in [-0.3, -0.25) is 0 Å². The first-order chi connectivity index (χ1) is 1.00. The molecule has 0 aliphatic carbocycles. The number of hydrogen-bond acceptors (Lipinski definition) is 1. The van der Waals surface area contributed by atoms with Crippen LogP contribution in [-0.2, 0) is 108 Å². The van der Waals surface area contributed by atoms with Crippen LogP contribution in [0.1, 0.15) is 0 Å². The molecule has 0 fully saturated rings. The second-order valence-corrected chi connectivity index (χ2v) is 0. The van der Waals surface area contributed by atoms with Crippen LogP contribution >= 0.6 is 0 Å². The van der Waals surface area contributed by atoms with Gasteiger partial charge in [-0.2, -0.15) is 0 Å². The summed E-state index contributed by atoms with van der Waals surface area (Å²) < 4.78 is 8.36. The predicted molar refractivity (Wildman–Crippen MR) is 0.686 cm³/mol. The van der Waals surface area contributed by atoms with E-state index in [0.29, 0.717) is 0 Å². The van der Waals surface area contributed by atoms with Gasteiger partial charge in [-0.25, -0.2) is 0 Å². The molecular weight excluding hydrogens is 439 g/mol. The van der Waals surface area contributed by atoms with Crippen molar-refractivity contribution in [2.45, 2.75) is 0 Å². The van der Waals surface area contributed by atoms with E-state index in [1.165, 1.54) is 0 Å². The Kier molecular flexibility index (Phi) is 238. The summed E-state index contributed by atoms with van der Waals surface area (Å²) in [5, 5.41) is 0. The van der Waals surface area contributed by atoms with Crippen LogP contribution in [-0.4, -0.2) is 0 Å². The van der Waals surface area contributed by atoms with Gasteiger partial charge in [0.1, 0.15) is 0 Å². The predicted octanol–water partition coefficient (Wildman–Crippen LogP) is -0.131. The maximum Gasteiger partial charge on any atom is 0 e. The molecule has 1 radical (unpaired) electrons. The van der Waals surface area contributed by atoms with Gasteiger partial charge >= 0.3 is 24.3 Å². The van der Waals surface area contributed by atoms with E-state index in [2.05, 4.69) is 0 Å². The fraction of sp³-hybridized carbons (Fsp3) is 0. The first-order valence-corrected chi connectivity index (χ1v) is 1.49. The first-order valence-electron chi connectivity index (χ1n) is 0.183. The number of hydrogen-bond donors (Lipinski definition) is 0. The minimum Gasteiger partial charge on any atom is 0 e. The Balaban J connectivity index is -0.000000000833. The SMILES string of the molecule is [Cr].[O]=[Ta].[Ti].[V].[Zr]. The molecule has 0 amide bonds. The minimum atomic E-state index is 0. The van der Waals surface area contributed by atoms with Crippen LogP contribution in [0.15, 0.2) is 0 Å². The molecule has 1 nitrogen and oxygen atoms in total. The average molecular weight is 439 g/mol. The topological polar surface area (TPSA) is 17.1 Å². The summed E-state index contributed by atoms with van der Waals surface area (Å²) in [6, 6.07) is 0. The molecule has 30 valence electrons. The average Bonchev–Trinajstić information content (AvgIpc) is 1.00. The summed E-state index contributed by atoms with van der Waals surface area (Å²) >= 11 is 0.194. The summed E-state index contributed by atoms with van der Waals surface area (Å²) in [4.78, 5) is 0. The molecule has 0 saturated carbocycles. The largest absolute Gasteiger partial charge is 0 e. The van der Waals surface area contributed by atoms with Crippen LogP contribution in [0.3, 0.4) is 0 Å². The summed E-state index contributed by atoms with van der Waals surface area (Å²) in [6.07, 6.45) is 0. The van der Waals surface area contributed by atoms with E-state index in [4.69, 9.17) is 3.25 Å². The molecule has 0 aromatic carbocycles. The zero-order valence-electron chi connectivity index (χ0n) is 2.71. The van der Waals surface area contributed by atoms with Crippen molar-refractivity contribution in [2.24, 2.45) is 0 Å². The quantitative estimate of drug-likeness (QED) is 0.482. The van der Waals surface area contributed by atoms with Crippen LogP contribution in [0.5, 0.6) is 0 Å². The third-order valence-electron chi connectivity index (χ3n) is 0. The zero-order valence-corrected chi connectivity index (χ0v) is 12.6. The second-order valence-electron chi connectivity index (χ2n) is 0. The van der Waals surface area contributed by atoms with Gasteiger partial charge in [-0.1, -0.05) is 0 Å². The van der Waals surface area contributed by atoms with Gasteiger partial charge in [0.05, 0.1) is 0 Å². The van der Waals surface area contributed by atoms with Crippen LogP contribution < -0.4 is 0 Å². The molecule has 0 bridgehead atoms. The van der Waals surface area contributed by atoms with E-state index in [1.54, 1.807) is 0 Å². The maximum atomic E-state index is 8.36. The van der Waals surface area contributed by atoms with E-state index in [-0.39, 0.29) is 105 Å². The Morgan fingerprint density at radius 3 is 1.17 bits per heavy atom. The molecule has 6 heteroatoms. The van der Waals surface area contributed by atoms with Crippen LogP contribution in [0.4, 0.5) is 0 Å². The molecule has 0 aromatic rings. The number of rotatable bonds is 0. The van der Waals surface area contributed by atoms with Crippen LogP contribution in [0, 0.1) is 0 Å². The Bertz CT molecular complexity index is 15.5. The molecule has 0 aromatic heterocycles. The second kappa shape index (κ2) is 41.0. The molecular formula is CrOTaTiVZr. The van der Waals surface area contributed by atoms with Gasteiger partial charge < -0.3 is 0 Å². The third kappa shape index (κ3) is 26.8. The van der Waals surface area contributed by atoms with Crippen molar-refractivity contribution in [3.05, 3.63) is 0 Å². The van der Waals surface area contributed by atoms with Gasteiger partial charge in [-0.15, -0.1) is 0 Å². The fourth-order valence-electron chi connectivity index (χ4n) is 0. The van der Waals surface area contributed by atoms with Crippen LogP contribution in [0.25, 0.3) is 0 Å². The zero-order chi connectivity index (χ0) is 2.00. The molecule has 0 unspecified atom stereocenters. The smallest absolute Gasteiger partial charge is 0 e. The van der Waals surface area contributed by atoms with E-state index < -0.39 is 0 Å².